The summed E-state index contributed by atoms with van der Waals surface area (Å²) in [5, 5.41) is 8.51. The predicted molar refractivity (Wildman–Crippen MR) is 87.6 cm³/mol. The molecule has 1 rings (SSSR count). The van der Waals surface area contributed by atoms with Crippen molar-refractivity contribution in [2.24, 2.45) is 5.73 Å². The maximum absolute atomic E-state index is 8.51. The van der Waals surface area contributed by atoms with E-state index < -0.39 is 0 Å². The van der Waals surface area contributed by atoms with Crippen molar-refractivity contribution >= 4 is 15.9 Å². The average molecular weight is 355 g/mol. The number of ether oxygens (including phenoxy) is 2. The molecule has 0 saturated heterocycles. The molecule has 0 saturated carbocycles. The second-order valence-electron chi connectivity index (χ2n) is 4.98. The largest absolute Gasteiger partial charge is 0.490 e. The standard InChI is InChI=1S/C16H23BrN2O2/c1-3-20-15-11-13(9-12(2)19)10-14(17)16(15)21-8-6-4-5-7-18/h10-12H,3-6,8-9,19H2,1-2H3. The van der Waals surface area contributed by atoms with Crippen LogP contribution >= 0.6 is 15.9 Å². The van der Waals surface area contributed by atoms with Crippen LogP contribution in [0.3, 0.4) is 0 Å². The van der Waals surface area contributed by atoms with Crippen LogP contribution in [-0.2, 0) is 6.42 Å². The van der Waals surface area contributed by atoms with Crippen LogP contribution in [0.1, 0.15) is 38.7 Å². The van der Waals surface area contributed by atoms with E-state index in [0.717, 1.165) is 40.8 Å². The minimum Gasteiger partial charge on any atom is -0.490 e. The first kappa shape index (κ1) is 17.8. The minimum absolute atomic E-state index is 0.101. The first-order valence-electron chi connectivity index (χ1n) is 7.29. The van der Waals surface area contributed by atoms with Gasteiger partial charge in [0.25, 0.3) is 0 Å². The number of nitrogens with zero attached hydrogens (tertiary/aromatic N) is 1. The Morgan fingerprint density at radius 2 is 2.10 bits per heavy atom. The van der Waals surface area contributed by atoms with E-state index in [9.17, 15) is 0 Å². The number of nitrogens with two attached hydrogens (primary N) is 1. The van der Waals surface area contributed by atoms with Crippen LogP contribution in [0.15, 0.2) is 16.6 Å². The van der Waals surface area contributed by atoms with Gasteiger partial charge in [-0.2, -0.15) is 5.26 Å². The van der Waals surface area contributed by atoms with Crippen LogP contribution in [0.5, 0.6) is 11.5 Å². The van der Waals surface area contributed by atoms with Crippen LogP contribution in [0.4, 0.5) is 0 Å². The van der Waals surface area contributed by atoms with Gasteiger partial charge in [-0.25, -0.2) is 0 Å². The van der Waals surface area contributed by atoms with E-state index in [0.29, 0.717) is 19.6 Å². The third kappa shape index (κ3) is 6.36. The first-order valence-corrected chi connectivity index (χ1v) is 8.08. The lowest BCUT2D eigenvalue weighted by Crippen LogP contribution is -2.17. The van der Waals surface area contributed by atoms with Gasteiger partial charge in [-0.15, -0.1) is 0 Å². The number of halogens is 1. The second-order valence-corrected chi connectivity index (χ2v) is 5.84. The molecular formula is C16H23BrN2O2. The Bertz CT molecular complexity index is 484. The third-order valence-corrected chi connectivity index (χ3v) is 3.45. The molecule has 0 aliphatic heterocycles. The van der Waals surface area contributed by atoms with Crippen molar-refractivity contribution in [1.29, 1.82) is 5.26 Å². The van der Waals surface area contributed by atoms with Crippen molar-refractivity contribution in [3.63, 3.8) is 0 Å². The molecule has 1 atom stereocenters. The Morgan fingerprint density at radius 1 is 1.33 bits per heavy atom. The van der Waals surface area contributed by atoms with Gasteiger partial charge in [-0.1, -0.05) is 0 Å². The summed E-state index contributed by atoms with van der Waals surface area (Å²) in [4.78, 5) is 0. The number of rotatable bonds is 9. The highest BCUT2D eigenvalue weighted by Crippen LogP contribution is 2.37. The summed E-state index contributed by atoms with van der Waals surface area (Å²) in [7, 11) is 0. The fraction of sp³-hybridized carbons (Fsp3) is 0.562. The zero-order valence-corrected chi connectivity index (χ0v) is 14.3. The highest BCUT2D eigenvalue weighted by molar-refractivity contribution is 9.10. The maximum Gasteiger partial charge on any atom is 0.175 e. The minimum atomic E-state index is 0.101. The molecule has 1 aromatic carbocycles. The molecule has 116 valence electrons. The highest BCUT2D eigenvalue weighted by atomic mass is 79.9. The molecule has 2 N–H and O–H groups in total. The van der Waals surface area contributed by atoms with Crippen molar-refractivity contribution in [1.82, 2.24) is 0 Å². The highest BCUT2D eigenvalue weighted by Gasteiger charge is 2.13. The second kappa shape index (κ2) is 9.64. The molecule has 0 radical (unpaired) electrons. The molecule has 1 unspecified atom stereocenters. The van der Waals surface area contributed by atoms with Crippen molar-refractivity contribution in [2.75, 3.05) is 13.2 Å². The average Bonchev–Trinajstić information content (AvgIpc) is 2.40. The molecule has 0 bridgehead atoms. The summed E-state index contributed by atoms with van der Waals surface area (Å²) in [6, 6.07) is 6.25. The molecule has 5 heteroatoms. The molecule has 0 amide bonds. The molecular weight excluding hydrogens is 332 g/mol. The lowest BCUT2D eigenvalue weighted by Gasteiger charge is -2.16. The first-order chi connectivity index (χ1) is 10.1. The quantitative estimate of drug-likeness (QED) is 0.684. The monoisotopic (exact) mass is 354 g/mol. The van der Waals surface area contributed by atoms with E-state index in [1.807, 2.05) is 26.0 Å². The van der Waals surface area contributed by atoms with Gasteiger partial charge in [0, 0.05) is 12.5 Å². The van der Waals surface area contributed by atoms with E-state index in [4.69, 9.17) is 20.5 Å². The summed E-state index contributed by atoms with van der Waals surface area (Å²) >= 11 is 3.54. The molecule has 1 aromatic rings. The molecule has 0 aliphatic rings. The SMILES string of the molecule is CCOc1cc(CC(C)N)cc(Br)c1OCCCCC#N. The summed E-state index contributed by atoms with van der Waals surface area (Å²) in [6.07, 6.45) is 3.06. The van der Waals surface area contributed by atoms with Gasteiger partial charge in [0.1, 0.15) is 0 Å². The van der Waals surface area contributed by atoms with Gasteiger partial charge in [-0.05, 0) is 66.7 Å². The molecule has 0 fully saturated rings. The number of hydrogen-bond donors (Lipinski definition) is 1. The summed E-state index contributed by atoms with van der Waals surface area (Å²) in [5.41, 5.74) is 6.97. The van der Waals surface area contributed by atoms with E-state index >= 15 is 0 Å². The van der Waals surface area contributed by atoms with Gasteiger partial charge < -0.3 is 15.2 Å². The molecule has 21 heavy (non-hydrogen) atoms. The topological polar surface area (TPSA) is 68.3 Å². The van der Waals surface area contributed by atoms with Crippen LogP contribution in [0.2, 0.25) is 0 Å². The number of unbranched alkanes of at least 4 members (excludes halogenated alkanes) is 2. The molecule has 0 aliphatic carbocycles. The summed E-state index contributed by atoms with van der Waals surface area (Å²) in [5.74, 6) is 1.46. The van der Waals surface area contributed by atoms with Crippen LogP contribution in [0.25, 0.3) is 0 Å². The van der Waals surface area contributed by atoms with E-state index in [2.05, 4.69) is 22.0 Å². The zero-order valence-electron chi connectivity index (χ0n) is 12.7. The Hall–Kier alpha value is -1.25. The molecule has 0 spiro atoms. The lowest BCUT2D eigenvalue weighted by atomic mass is 10.1. The summed E-state index contributed by atoms with van der Waals surface area (Å²) < 4.78 is 12.4. The number of nitriles is 1. The zero-order chi connectivity index (χ0) is 15.7. The van der Waals surface area contributed by atoms with Crippen molar-refractivity contribution in [3.8, 4) is 17.6 Å². The van der Waals surface area contributed by atoms with Gasteiger partial charge in [0.2, 0.25) is 0 Å². The van der Waals surface area contributed by atoms with Gasteiger partial charge >= 0.3 is 0 Å². The van der Waals surface area contributed by atoms with E-state index in [1.165, 1.54) is 0 Å². The van der Waals surface area contributed by atoms with Crippen LogP contribution in [-0.4, -0.2) is 19.3 Å². The Labute approximate surface area is 135 Å². The maximum atomic E-state index is 8.51. The lowest BCUT2D eigenvalue weighted by molar-refractivity contribution is 0.270. The van der Waals surface area contributed by atoms with Crippen molar-refractivity contribution in [3.05, 3.63) is 22.2 Å². The van der Waals surface area contributed by atoms with E-state index in [-0.39, 0.29) is 6.04 Å². The Morgan fingerprint density at radius 3 is 2.71 bits per heavy atom. The van der Waals surface area contributed by atoms with Crippen molar-refractivity contribution in [2.45, 2.75) is 45.6 Å². The van der Waals surface area contributed by atoms with E-state index in [1.54, 1.807) is 0 Å². The van der Waals surface area contributed by atoms with Crippen LogP contribution in [0, 0.1) is 11.3 Å². The summed E-state index contributed by atoms with van der Waals surface area (Å²) in [6.45, 7) is 5.09. The fourth-order valence-electron chi connectivity index (χ4n) is 1.99. The fourth-order valence-corrected chi connectivity index (χ4v) is 2.60. The van der Waals surface area contributed by atoms with Gasteiger partial charge in [0.15, 0.2) is 11.5 Å². The number of hydrogen-bond acceptors (Lipinski definition) is 4. The predicted octanol–water partition coefficient (Wildman–Crippen LogP) is 3.81. The Balaban J connectivity index is 2.78. The normalized spacial score (nSPS) is 11.8. The van der Waals surface area contributed by atoms with Crippen LogP contribution < -0.4 is 15.2 Å². The number of benzene rings is 1. The Kier molecular flexibility index (Phi) is 8.17. The third-order valence-electron chi connectivity index (χ3n) is 2.86. The molecule has 0 aromatic heterocycles. The van der Waals surface area contributed by atoms with Gasteiger partial charge in [0.05, 0.1) is 23.8 Å². The van der Waals surface area contributed by atoms with Crippen molar-refractivity contribution < 1.29 is 9.47 Å². The smallest absolute Gasteiger partial charge is 0.175 e. The van der Waals surface area contributed by atoms with Gasteiger partial charge in [-0.3, -0.25) is 0 Å². The molecule has 4 nitrogen and oxygen atoms in total. The molecule has 0 heterocycles.